The minimum absolute atomic E-state index is 0.507. The molecule has 0 unspecified atom stereocenters. The summed E-state index contributed by atoms with van der Waals surface area (Å²) in [7, 11) is 1.48. The molecule has 0 aliphatic heterocycles. The highest BCUT2D eigenvalue weighted by Gasteiger charge is 2.30. The minimum Gasteiger partial charge on any atom is -0.496 e. The van der Waals surface area contributed by atoms with Crippen LogP contribution in [0.2, 0.25) is 0 Å². The second-order valence-corrected chi connectivity index (χ2v) is 5.05. The van der Waals surface area contributed by atoms with Crippen molar-refractivity contribution in [2.24, 2.45) is 0 Å². The predicted molar refractivity (Wildman–Crippen MR) is 88.3 cm³/mol. The summed E-state index contributed by atoms with van der Waals surface area (Å²) < 4.78 is 43.5. The first-order valence-electron chi connectivity index (χ1n) is 7.25. The van der Waals surface area contributed by atoms with Gasteiger partial charge in [0.2, 0.25) is 0 Å². The molecule has 0 saturated carbocycles. The van der Waals surface area contributed by atoms with Crippen molar-refractivity contribution in [1.82, 2.24) is 0 Å². The van der Waals surface area contributed by atoms with E-state index in [0.29, 0.717) is 22.4 Å². The van der Waals surface area contributed by atoms with Gasteiger partial charge in [-0.2, -0.15) is 13.2 Å². The minimum atomic E-state index is -4.42. The van der Waals surface area contributed by atoms with Gasteiger partial charge in [-0.15, -0.1) is 0 Å². The number of aliphatic carboxylic acids is 1. The van der Waals surface area contributed by atoms with E-state index < -0.39 is 17.7 Å². The molecule has 0 radical (unpaired) electrons. The Hall–Kier alpha value is -3.02. The number of carboxylic acids is 1. The van der Waals surface area contributed by atoms with Gasteiger partial charge in [-0.3, -0.25) is 0 Å². The molecular formula is C19H15F3O3. The van der Waals surface area contributed by atoms with Gasteiger partial charge < -0.3 is 9.84 Å². The van der Waals surface area contributed by atoms with E-state index >= 15 is 0 Å². The maximum Gasteiger partial charge on any atom is 0.416 e. The summed E-state index contributed by atoms with van der Waals surface area (Å²) in [5.74, 6) is -0.597. The third-order valence-electron chi connectivity index (χ3n) is 3.42. The average molecular weight is 348 g/mol. The number of hydrogen-bond acceptors (Lipinski definition) is 2. The van der Waals surface area contributed by atoms with Gasteiger partial charge in [0, 0.05) is 11.6 Å². The molecule has 0 bridgehead atoms. The normalized spacial score (nSPS) is 12.4. The highest BCUT2D eigenvalue weighted by molar-refractivity contribution is 5.85. The lowest BCUT2D eigenvalue weighted by molar-refractivity contribution is -0.137. The van der Waals surface area contributed by atoms with E-state index in [0.717, 1.165) is 18.2 Å². The fourth-order valence-electron chi connectivity index (χ4n) is 2.27. The van der Waals surface area contributed by atoms with Crippen LogP contribution in [0.1, 0.15) is 16.7 Å². The monoisotopic (exact) mass is 348 g/mol. The van der Waals surface area contributed by atoms with Crippen molar-refractivity contribution in [2.45, 2.75) is 6.18 Å². The summed E-state index contributed by atoms with van der Waals surface area (Å²) in [6.07, 6.45) is -0.633. The molecule has 2 aromatic carbocycles. The lowest BCUT2D eigenvalue weighted by Gasteiger charge is -2.13. The largest absolute Gasteiger partial charge is 0.496 e. The van der Waals surface area contributed by atoms with Crippen molar-refractivity contribution in [3.63, 3.8) is 0 Å². The zero-order chi connectivity index (χ0) is 18.4. The maximum atomic E-state index is 12.7. The number of benzene rings is 2. The number of rotatable bonds is 5. The summed E-state index contributed by atoms with van der Waals surface area (Å²) in [5, 5.41) is 8.73. The molecule has 0 heterocycles. The lowest BCUT2D eigenvalue weighted by atomic mass is 9.95. The van der Waals surface area contributed by atoms with Crippen molar-refractivity contribution in [3.05, 3.63) is 83.4 Å². The van der Waals surface area contributed by atoms with Crippen LogP contribution in [-0.4, -0.2) is 18.2 Å². The van der Waals surface area contributed by atoms with Gasteiger partial charge in [0.25, 0.3) is 0 Å². The van der Waals surface area contributed by atoms with Crippen molar-refractivity contribution >= 4 is 11.5 Å². The molecule has 1 N–H and O–H groups in total. The number of carbonyl (C=O) groups is 1. The fourth-order valence-corrected chi connectivity index (χ4v) is 2.27. The van der Waals surface area contributed by atoms with E-state index in [-0.39, 0.29) is 0 Å². The van der Waals surface area contributed by atoms with Crippen LogP contribution in [0.4, 0.5) is 13.2 Å². The highest BCUT2D eigenvalue weighted by Crippen LogP contribution is 2.34. The fraction of sp³-hybridized carbons (Fsp3) is 0.105. The second kappa shape index (κ2) is 7.70. The third-order valence-corrected chi connectivity index (χ3v) is 3.42. The van der Waals surface area contributed by atoms with Gasteiger partial charge in [-0.25, -0.2) is 4.79 Å². The number of methoxy groups -OCH3 is 1. The molecule has 0 spiro atoms. The first-order valence-corrected chi connectivity index (χ1v) is 7.25. The van der Waals surface area contributed by atoms with Crippen LogP contribution in [0.25, 0.3) is 5.57 Å². The average Bonchev–Trinajstić information content (AvgIpc) is 2.58. The van der Waals surface area contributed by atoms with Gasteiger partial charge in [0.1, 0.15) is 5.75 Å². The molecule has 0 atom stereocenters. The predicted octanol–water partition coefficient (Wildman–Crippen LogP) is 4.79. The van der Waals surface area contributed by atoms with E-state index in [1.54, 1.807) is 24.3 Å². The van der Waals surface area contributed by atoms with Crippen LogP contribution < -0.4 is 4.74 Å². The molecule has 2 aromatic rings. The summed E-state index contributed by atoms with van der Waals surface area (Å²) in [6, 6.07) is 11.6. The van der Waals surface area contributed by atoms with E-state index in [9.17, 15) is 18.0 Å². The van der Waals surface area contributed by atoms with Crippen molar-refractivity contribution in [1.29, 1.82) is 0 Å². The summed E-state index contributed by atoms with van der Waals surface area (Å²) >= 11 is 0. The first-order chi connectivity index (χ1) is 11.8. The lowest BCUT2D eigenvalue weighted by Crippen LogP contribution is -2.04. The quantitative estimate of drug-likeness (QED) is 0.624. The molecule has 2 rings (SSSR count). The van der Waals surface area contributed by atoms with Gasteiger partial charge in [-0.05, 0) is 29.3 Å². The molecule has 0 amide bonds. The van der Waals surface area contributed by atoms with Crippen LogP contribution in [-0.2, 0) is 11.0 Å². The Morgan fingerprint density at radius 3 is 2.28 bits per heavy atom. The standard InChI is InChI=1S/C19H15F3O3/c1-25-17-7-3-2-5-16(17)15(6-4-8-18(23)24)13-9-11-14(12-10-13)19(20,21)22/h2-12H,1H3,(H,23,24). The summed E-state index contributed by atoms with van der Waals surface area (Å²) in [6.45, 7) is 0. The number of para-hydroxylation sites is 1. The Kier molecular flexibility index (Phi) is 5.64. The SMILES string of the molecule is COc1ccccc1C(=CC=CC(=O)O)c1ccc(C(F)(F)F)cc1. The molecule has 25 heavy (non-hydrogen) atoms. The smallest absolute Gasteiger partial charge is 0.416 e. The topological polar surface area (TPSA) is 46.5 Å². The van der Waals surface area contributed by atoms with Crippen molar-refractivity contribution in [3.8, 4) is 5.75 Å². The van der Waals surface area contributed by atoms with E-state index in [4.69, 9.17) is 9.84 Å². The van der Waals surface area contributed by atoms with Crippen molar-refractivity contribution in [2.75, 3.05) is 7.11 Å². The summed E-state index contributed by atoms with van der Waals surface area (Å²) in [5.41, 5.74) is 0.938. The zero-order valence-corrected chi connectivity index (χ0v) is 13.2. The molecular weight excluding hydrogens is 333 g/mol. The number of alkyl halides is 3. The van der Waals surface area contributed by atoms with E-state index in [1.807, 2.05) is 0 Å². The Morgan fingerprint density at radius 1 is 1.08 bits per heavy atom. The Bertz CT molecular complexity index is 803. The molecule has 0 aliphatic rings. The molecule has 6 heteroatoms. The zero-order valence-electron chi connectivity index (χ0n) is 13.2. The Labute approximate surface area is 142 Å². The second-order valence-electron chi connectivity index (χ2n) is 5.05. The number of allylic oxidation sites excluding steroid dienone is 2. The number of ether oxygens (including phenoxy) is 1. The number of hydrogen-bond donors (Lipinski definition) is 1. The number of halogens is 3. The summed E-state index contributed by atoms with van der Waals surface area (Å²) in [4.78, 5) is 10.7. The van der Waals surface area contributed by atoms with Crippen molar-refractivity contribution < 1.29 is 27.8 Å². The molecule has 0 fully saturated rings. The first kappa shape index (κ1) is 18.3. The Balaban J connectivity index is 2.54. The Morgan fingerprint density at radius 2 is 1.72 bits per heavy atom. The van der Waals surface area contributed by atoms with E-state index in [1.165, 1.54) is 31.4 Å². The van der Waals surface area contributed by atoms with Gasteiger partial charge in [-0.1, -0.05) is 42.5 Å². The number of carboxylic acid groups (broad SMARTS) is 1. The van der Waals surface area contributed by atoms with Crippen LogP contribution in [0.3, 0.4) is 0 Å². The third kappa shape index (κ3) is 4.73. The van der Waals surface area contributed by atoms with E-state index in [2.05, 4.69) is 0 Å². The molecule has 0 saturated heterocycles. The van der Waals surface area contributed by atoms with Crippen LogP contribution >= 0.6 is 0 Å². The molecule has 130 valence electrons. The van der Waals surface area contributed by atoms with Crippen LogP contribution in [0, 0.1) is 0 Å². The van der Waals surface area contributed by atoms with Crippen LogP contribution in [0.15, 0.2) is 66.8 Å². The van der Waals surface area contributed by atoms with Gasteiger partial charge >= 0.3 is 12.1 Å². The maximum absolute atomic E-state index is 12.7. The highest BCUT2D eigenvalue weighted by atomic mass is 19.4. The molecule has 3 nitrogen and oxygen atoms in total. The molecule has 0 aromatic heterocycles. The molecule has 0 aliphatic carbocycles. The van der Waals surface area contributed by atoms with Crippen LogP contribution in [0.5, 0.6) is 5.75 Å². The van der Waals surface area contributed by atoms with Gasteiger partial charge in [0.05, 0.1) is 12.7 Å². The van der Waals surface area contributed by atoms with Gasteiger partial charge in [0.15, 0.2) is 0 Å².